The fraction of sp³-hybridized carbons (Fsp3) is 0.588. The van der Waals surface area contributed by atoms with Crippen LogP contribution >= 0.6 is 0 Å². The lowest BCUT2D eigenvalue weighted by Crippen LogP contribution is -2.43. The van der Waals surface area contributed by atoms with Crippen LogP contribution in [0.25, 0.3) is 0 Å². The molecule has 0 fully saturated rings. The largest absolute Gasteiger partial charge is 0.496 e. The Balaban J connectivity index is 2.44. The number of benzene rings is 1. The van der Waals surface area contributed by atoms with Gasteiger partial charge in [0.1, 0.15) is 15.6 Å². The third-order valence-electron chi connectivity index (χ3n) is 3.71. The van der Waals surface area contributed by atoms with Crippen LogP contribution < -0.4 is 15.4 Å². The summed E-state index contributed by atoms with van der Waals surface area (Å²) in [7, 11) is 0.440. The molecule has 0 heterocycles. The molecule has 1 atom stereocenters. The van der Waals surface area contributed by atoms with Crippen molar-refractivity contribution < 1.29 is 13.2 Å². The maximum atomic E-state index is 11.2. The predicted molar refractivity (Wildman–Crippen MR) is 99.7 cm³/mol. The number of aryl methyl sites for hydroxylation is 1. The van der Waals surface area contributed by atoms with Crippen LogP contribution in [0.5, 0.6) is 5.75 Å². The fourth-order valence-electron chi connectivity index (χ4n) is 2.24. The smallest absolute Gasteiger partial charge is 0.191 e. The van der Waals surface area contributed by atoms with Crippen molar-refractivity contribution in [1.82, 2.24) is 10.6 Å². The number of nitrogens with one attached hydrogen (secondary N) is 2. The van der Waals surface area contributed by atoms with Crippen LogP contribution in [0.4, 0.5) is 0 Å². The van der Waals surface area contributed by atoms with E-state index in [0.717, 1.165) is 24.3 Å². The molecule has 0 spiro atoms. The van der Waals surface area contributed by atoms with Crippen molar-refractivity contribution in [3.05, 3.63) is 29.3 Å². The highest BCUT2D eigenvalue weighted by Crippen LogP contribution is 2.18. The number of ether oxygens (including phenoxy) is 1. The first kappa shape index (κ1) is 20.3. The molecule has 1 unspecified atom stereocenters. The summed E-state index contributed by atoms with van der Waals surface area (Å²) < 4.78 is 27.8. The summed E-state index contributed by atoms with van der Waals surface area (Å²) in [4.78, 5) is 4.17. The Bertz CT molecular complexity index is 657. The number of hydrogen-bond donors (Lipinski definition) is 2. The molecule has 2 N–H and O–H groups in total. The van der Waals surface area contributed by atoms with E-state index < -0.39 is 9.84 Å². The third-order valence-corrected chi connectivity index (χ3v) is 4.68. The summed E-state index contributed by atoms with van der Waals surface area (Å²) in [5, 5.41) is 6.45. The first-order valence-electron chi connectivity index (χ1n) is 8.03. The van der Waals surface area contributed by atoms with Crippen LogP contribution in [0.15, 0.2) is 23.2 Å². The highest BCUT2D eigenvalue weighted by molar-refractivity contribution is 7.90. The molecule has 0 saturated heterocycles. The Kier molecular flexibility index (Phi) is 8.04. The summed E-state index contributed by atoms with van der Waals surface area (Å²) in [5.74, 6) is 1.74. The Morgan fingerprint density at radius 2 is 2.08 bits per heavy atom. The normalized spacial score (nSPS) is 13.5. The van der Waals surface area contributed by atoms with E-state index in [2.05, 4.69) is 27.8 Å². The molecule has 0 aliphatic rings. The Labute approximate surface area is 145 Å². The third kappa shape index (κ3) is 7.68. The van der Waals surface area contributed by atoms with Gasteiger partial charge in [0, 0.05) is 25.9 Å². The molecule has 0 aliphatic carbocycles. The van der Waals surface area contributed by atoms with Crippen molar-refractivity contribution in [3.63, 3.8) is 0 Å². The lowest BCUT2D eigenvalue weighted by Gasteiger charge is -2.17. The second-order valence-electron chi connectivity index (χ2n) is 6.02. The minimum atomic E-state index is -2.94. The Morgan fingerprint density at radius 1 is 1.38 bits per heavy atom. The molecule has 7 heteroatoms. The SMILES string of the molecule is CN=C(NCCc1ccc(C)c(OC)c1)NC(C)CCS(C)(=O)=O. The van der Waals surface area contributed by atoms with Gasteiger partial charge >= 0.3 is 0 Å². The van der Waals surface area contributed by atoms with Gasteiger partial charge in [-0.05, 0) is 43.9 Å². The van der Waals surface area contributed by atoms with E-state index in [1.807, 2.05) is 19.9 Å². The van der Waals surface area contributed by atoms with E-state index in [4.69, 9.17) is 4.74 Å². The van der Waals surface area contributed by atoms with E-state index in [9.17, 15) is 8.42 Å². The van der Waals surface area contributed by atoms with Gasteiger partial charge in [-0.15, -0.1) is 0 Å². The molecule has 0 bridgehead atoms. The summed E-state index contributed by atoms with van der Waals surface area (Å²) in [6, 6.07) is 6.21. The highest BCUT2D eigenvalue weighted by atomic mass is 32.2. The van der Waals surface area contributed by atoms with Crippen molar-refractivity contribution in [3.8, 4) is 5.75 Å². The Morgan fingerprint density at radius 3 is 2.67 bits per heavy atom. The quantitative estimate of drug-likeness (QED) is 0.546. The van der Waals surface area contributed by atoms with Gasteiger partial charge in [0.15, 0.2) is 5.96 Å². The van der Waals surface area contributed by atoms with Gasteiger partial charge in [0.25, 0.3) is 0 Å². The number of nitrogens with zero attached hydrogens (tertiary/aromatic N) is 1. The van der Waals surface area contributed by atoms with Gasteiger partial charge < -0.3 is 15.4 Å². The van der Waals surface area contributed by atoms with E-state index in [-0.39, 0.29) is 11.8 Å². The van der Waals surface area contributed by atoms with Gasteiger partial charge in [0.2, 0.25) is 0 Å². The average Bonchev–Trinajstić information content (AvgIpc) is 2.52. The van der Waals surface area contributed by atoms with Crippen molar-refractivity contribution in [2.45, 2.75) is 32.7 Å². The monoisotopic (exact) mass is 355 g/mol. The molecule has 1 rings (SSSR count). The summed E-state index contributed by atoms with van der Waals surface area (Å²) in [6.45, 7) is 4.69. The lowest BCUT2D eigenvalue weighted by molar-refractivity contribution is 0.411. The lowest BCUT2D eigenvalue weighted by atomic mass is 10.1. The summed E-state index contributed by atoms with van der Waals surface area (Å²) in [5.41, 5.74) is 2.30. The maximum Gasteiger partial charge on any atom is 0.191 e. The van der Waals surface area contributed by atoms with Gasteiger partial charge in [-0.2, -0.15) is 0 Å². The zero-order valence-corrected chi connectivity index (χ0v) is 16.0. The highest BCUT2D eigenvalue weighted by Gasteiger charge is 2.09. The second-order valence-corrected chi connectivity index (χ2v) is 8.28. The zero-order valence-electron chi connectivity index (χ0n) is 15.2. The number of sulfone groups is 1. The fourth-order valence-corrected chi connectivity index (χ4v) is 3.02. The summed E-state index contributed by atoms with van der Waals surface area (Å²) in [6.07, 6.45) is 2.65. The summed E-state index contributed by atoms with van der Waals surface area (Å²) >= 11 is 0. The minimum Gasteiger partial charge on any atom is -0.496 e. The predicted octanol–water partition coefficient (Wildman–Crippen LogP) is 1.53. The number of hydrogen-bond acceptors (Lipinski definition) is 4. The maximum absolute atomic E-state index is 11.2. The van der Waals surface area contributed by atoms with Crippen LogP contribution in [0.3, 0.4) is 0 Å². The number of guanidine groups is 1. The molecule has 1 aromatic carbocycles. The van der Waals surface area contributed by atoms with E-state index >= 15 is 0 Å². The molecule has 0 amide bonds. The molecule has 1 aromatic rings. The minimum absolute atomic E-state index is 0.0328. The molecule has 0 aromatic heterocycles. The van der Waals surface area contributed by atoms with Gasteiger partial charge in [0.05, 0.1) is 12.9 Å². The van der Waals surface area contributed by atoms with Gasteiger partial charge in [-0.25, -0.2) is 8.42 Å². The van der Waals surface area contributed by atoms with Crippen molar-refractivity contribution >= 4 is 15.8 Å². The first-order chi connectivity index (χ1) is 11.2. The average molecular weight is 356 g/mol. The molecular weight excluding hydrogens is 326 g/mol. The molecular formula is C17H29N3O3S. The van der Waals surface area contributed by atoms with Gasteiger partial charge in [-0.1, -0.05) is 12.1 Å². The number of rotatable bonds is 8. The molecule has 0 saturated carbocycles. The molecule has 6 nitrogen and oxygen atoms in total. The van der Waals surface area contributed by atoms with E-state index in [1.165, 1.54) is 11.8 Å². The van der Waals surface area contributed by atoms with Crippen LogP contribution in [-0.2, 0) is 16.3 Å². The van der Waals surface area contributed by atoms with Crippen LogP contribution in [0.2, 0.25) is 0 Å². The molecule has 24 heavy (non-hydrogen) atoms. The number of aliphatic imine (C=N–C) groups is 1. The van der Waals surface area contributed by atoms with Crippen LogP contribution in [-0.4, -0.2) is 53.1 Å². The molecule has 0 radical (unpaired) electrons. The zero-order chi connectivity index (χ0) is 18.2. The van der Waals surface area contributed by atoms with E-state index in [1.54, 1.807) is 14.2 Å². The van der Waals surface area contributed by atoms with E-state index in [0.29, 0.717) is 12.4 Å². The van der Waals surface area contributed by atoms with Crippen molar-refractivity contribution in [2.75, 3.05) is 32.7 Å². The first-order valence-corrected chi connectivity index (χ1v) is 10.1. The molecule has 136 valence electrons. The Hall–Kier alpha value is -1.76. The number of methoxy groups -OCH3 is 1. The van der Waals surface area contributed by atoms with Crippen molar-refractivity contribution in [2.24, 2.45) is 4.99 Å². The van der Waals surface area contributed by atoms with Gasteiger partial charge in [-0.3, -0.25) is 4.99 Å². The van der Waals surface area contributed by atoms with Crippen molar-refractivity contribution in [1.29, 1.82) is 0 Å². The standard InChI is InChI=1S/C17H29N3O3S/c1-13-6-7-15(12-16(13)23-4)8-10-19-17(18-3)20-14(2)9-11-24(5,21)22/h6-7,12,14H,8-11H2,1-5H3,(H2,18,19,20). The van der Waals surface area contributed by atoms with Crippen LogP contribution in [0.1, 0.15) is 24.5 Å². The topological polar surface area (TPSA) is 79.8 Å². The van der Waals surface area contributed by atoms with Crippen LogP contribution in [0, 0.1) is 6.92 Å². The second kappa shape index (κ2) is 9.52. The molecule has 0 aliphatic heterocycles.